The lowest BCUT2D eigenvalue weighted by atomic mass is 10.1. The Morgan fingerprint density at radius 3 is 2.73 bits per heavy atom. The first-order valence-electron chi connectivity index (χ1n) is 7.28. The van der Waals surface area contributed by atoms with Crippen molar-refractivity contribution < 1.29 is 9.53 Å². The minimum Gasteiger partial charge on any atom is -0.494 e. The Kier molecular flexibility index (Phi) is 5.36. The van der Waals surface area contributed by atoms with Crippen LogP contribution in [0.4, 0.5) is 0 Å². The third kappa shape index (κ3) is 4.48. The van der Waals surface area contributed by atoms with E-state index in [9.17, 15) is 4.79 Å². The largest absolute Gasteiger partial charge is 0.494 e. The fourth-order valence-corrected chi connectivity index (χ4v) is 2.06. The van der Waals surface area contributed by atoms with Crippen molar-refractivity contribution in [1.29, 1.82) is 0 Å². The van der Waals surface area contributed by atoms with Crippen molar-refractivity contribution in [3.8, 4) is 5.75 Å². The van der Waals surface area contributed by atoms with Gasteiger partial charge in [0.15, 0.2) is 0 Å². The Labute approximate surface area is 130 Å². The molecular formula is C17H21N3O2. The van der Waals surface area contributed by atoms with Crippen molar-refractivity contribution in [2.45, 2.75) is 19.9 Å². The Hall–Kier alpha value is -2.56. The van der Waals surface area contributed by atoms with E-state index < -0.39 is 0 Å². The number of carbonyl (C=O) groups is 1. The molecule has 0 fully saturated rings. The van der Waals surface area contributed by atoms with Crippen molar-refractivity contribution in [2.75, 3.05) is 6.61 Å². The molecule has 1 atom stereocenters. The van der Waals surface area contributed by atoms with Crippen LogP contribution in [-0.2, 0) is 11.8 Å². The molecule has 1 aromatic carbocycles. The van der Waals surface area contributed by atoms with Crippen LogP contribution >= 0.6 is 0 Å². The molecule has 0 aliphatic heterocycles. The molecule has 2 rings (SSSR count). The number of carbonyl (C=O) groups excluding carboxylic acids is 1. The highest BCUT2D eigenvalue weighted by atomic mass is 16.5. The molecule has 2 aromatic rings. The first kappa shape index (κ1) is 15.8. The quantitative estimate of drug-likeness (QED) is 0.834. The molecule has 0 bridgehead atoms. The summed E-state index contributed by atoms with van der Waals surface area (Å²) in [7, 11) is 1.84. The first-order chi connectivity index (χ1) is 10.6. The highest BCUT2D eigenvalue weighted by molar-refractivity contribution is 5.91. The monoisotopic (exact) mass is 299 g/mol. The number of hydrogen-bond donors (Lipinski definition) is 1. The van der Waals surface area contributed by atoms with Gasteiger partial charge in [0, 0.05) is 24.9 Å². The van der Waals surface area contributed by atoms with Crippen LogP contribution in [0, 0.1) is 0 Å². The number of nitrogens with zero attached hydrogens (tertiary/aromatic N) is 2. The second-order valence-corrected chi connectivity index (χ2v) is 5.01. The third-order valence-electron chi connectivity index (χ3n) is 3.20. The lowest BCUT2D eigenvalue weighted by Crippen LogP contribution is -2.24. The van der Waals surface area contributed by atoms with Crippen LogP contribution in [-0.4, -0.2) is 22.3 Å². The summed E-state index contributed by atoms with van der Waals surface area (Å²) in [5.74, 6) is 0.700. The van der Waals surface area contributed by atoms with E-state index in [0.717, 1.165) is 16.9 Å². The van der Waals surface area contributed by atoms with Gasteiger partial charge in [-0.25, -0.2) is 0 Å². The number of hydrogen-bond acceptors (Lipinski definition) is 3. The van der Waals surface area contributed by atoms with Crippen molar-refractivity contribution >= 4 is 12.0 Å². The van der Waals surface area contributed by atoms with Gasteiger partial charge in [-0.1, -0.05) is 12.1 Å². The topological polar surface area (TPSA) is 56.1 Å². The van der Waals surface area contributed by atoms with E-state index in [1.807, 2.05) is 51.4 Å². The predicted octanol–water partition coefficient (Wildman–Crippen LogP) is 2.71. The summed E-state index contributed by atoms with van der Waals surface area (Å²) in [5.41, 5.74) is 1.93. The molecular weight excluding hydrogens is 278 g/mol. The minimum absolute atomic E-state index is 0.0678. The van der Waals surface area contributed by atoms with E-state index in [4.69, 9.17) is 4.74 Å². The molecule has 5 nitrogen and oxygen atoms in total. The van der Waals surface area contributed by atoms with Crippen LogP contribution in [0.15, 0.2) is 42.7 Å². The smallest absolute Gasteiger partial charge is 0.244 e. The number of aromatic nitrogens is 2. The Morgan fingerprint density at radius 1 is 1.41 bits per heavy atom. The maximum atomic E-state index is 11.9. The van der Waals surface area contributed by atoms with Gasteiger partial charge in [0.2, 0.25) is 5.91 Å². The highest BCUT2D eigenvalue weighted by Gasteiger charge is 2.07. The Bertz CT molecular complexity index is 644. The summed E-state index contributed by atoms with van der Waals surface area (Å²) in [6, 6.07) is 7.67. The lowest BCUT2D eigenvalue weighted by molar-refractivity contribution is -0.117. The normalized spacial score (nSPS) is 12.3. The summed E-state index contributed by atoms with van der Waals surface area (Å²) in [6.07, 6.45) is 6.81. The van der Waals surface area contributed by atoms with Gasteiger partial charge in [-0.2, -0.15) is 5.10 Å². The van der Waals surface area contributed by atoms with E-state index in [1.165, 1.54) is 6.08 Å². The molecule has 0 aliphatic carbocycles. The second kappa shape index (κ2) is 7.45. The predicted molar refractivity (Wildman–Crippen MR) is 86.4 cm³/mol. The molecule has 5 heteroatoms. The maximum absolute atomic E-state index is 11.9. The Morgan fingerprint density at radius 2 is 2.14 bits per heavy atom. The molecule has 116 valence electrons. The standard InChI is InChI=1S/C17H21N3O2/c1-4-22-16-8-6-15(7-9-16)13(2)19-17(21)10-5-14-11-18-20(3)12-14/h5-13H,4H2,1-3H3,(H,19,21)/b10-5-/t13-/m0/s1. The fraction of sp³-hybridized carbons (Fsp3) is 0.294. The highest BCUT2D eigenvalue weighted by Crippen LogP contribution is 2.17. The Balaban J connectivity index is 1.91. The summed E-state index contributed by atoms with van der Waals surface area (Å²) in [5, 5.41) is 6.98. The zero-order chi connectivity index (χ0) is 15.9. The van der Waals surface area contributed by atoms with E-state index >= 15 is 0 Å². The first-order valence-corrected chi connectivity index (χ1v) is 7.28. The maximum Gasteiger partial charge on any atom is 0.244 e. The van der Waals surface area contributed by atoms with E-state index in [2.05, 4.69) is 10.4 Å². The summed E-state index contributed by atoms with van der Waals surface area (Å²) >= 11 is 0. The molecule has 0 unspecified atom stereocenters. The van der Waals surface area contributed by atoms with Gasteiger partial charge >= 0.3 is 0 Å². The summed E-state index contributed by atoms with van der Waals surface area (Å²) in [4.78, 5) is 11.9. The second-order valence-electron chi connectivity index (χ2n) is 5.01. The molecule has 1 aromatic heterocycles. The van der Waals surface area contributed by atoms with Crippen molar-refractivity contribution in [3.05, 3.63) is 53.9 Å². The van der Waals surface area contributed by atoms with Crippen LogP contribution < -0.4 is 10.1 Å². The van der Waals surface area contributed by atoms with E-state index in [0.29, 0.717) is 6.61 Å². The third-order valence-corrected chi connectivity index (χ3v) is 3.20. The zero-order valence-corrected chi connectivity index (χ0v) is 13.1. The summed E-state index contributed by atoms with van der Waals surface area (Å²) in [6.45, 7) is 4.54. The fourth-order valence-electron chi connectivity index (χ4n) is 2.06. The van der Waals surface area contributed by atoms with Gasteiger partial charge < -0.3 is 10.1 Å². The zero-order valence-electron chi connectivity index (χ0n) is 13.1. The number of ether oxygens (including phenoxy) is 1. The van der Waals surface area contributed by atoms with Gasteiger partial charge in [0.1, 0.15) is 5.75 Å². The van der Waals surface area contributed by atoms with Crippen LogP contribution in [0.25, 0.3) is 6.08 Å². The van der Waals surface area contributed by atoms with Gasteiger partial charge in [-0.15, -0.1) is 0 Å². The molecule has 1 N–H and O–H groups in total. The molecule has 1 amide bonds. The van der Waals surface area contributed by atoms with Crippen LogP contribution in [0.1, 0.15) is 31.0 Å². The van der Waals surface area contributed by atoms with Gasteiger partial charge in [-0.05, 0) is 37.6 Å². The number of benzene rings is 1. The molecule has 1 heterocycles. The van der Waals surface area contributed by atoms with Crippen LogP contribution in [0.5, 0.6) is 5.75 Å². The van der Waals surface area contributed by atoms with E-state index in [1.54, 1.807) is 17.0 Å². The minimum atomic E-state index is -0.134. The van der Waals surface area contributed by atoms with Crippen molar-refractivity contribution in [1.82, 2.24) is 15.1 Å². The SMILES string of the molecule is CCOc1ccc([C@H](C)NC(=O)/C=C\c2cnn(C)c2)cc1. The average molecular weight is 299 g/mol. The van der Waals surface area contributed by atoms with Crippen LogP contribution in [0.3, 0.4) is 0 Å². The molecule has 0 saturated carbocycles. The average Bonchev–Trinajstić information content (AvgIpc) is 2.92. The number of amides is 1. The molecule has 22 heavy (non-hydrogen) atoms. The van der Waals surface area contributed by atoms with Crippen molar-refractivity contribution in [2.24, 2.45) is 7.05 Å². The number of aryl methyl sites for hydroxylation is 1. The number of rotatable bonds is 6. The summed E-state index contributed by atoms with van der Waals surface area (Å²) < 4.78 is 7.10. The van der Waals surface area contributed by atoms with Gasteiger partial charge in [0.05, 0.1) is 18.8 Å². The van der Waals surface area contributed by atoms with Crippen LogP contribution in [0.2, 0.25) is 0 Å². The molecule has 0 radical (unpaired) electrons. The molecule has 0 spiro atoms. The number of nitrogens with one attached hydrogen (secondary N) is 1. The van der Waals surface area contributed by atoms with Crippen molar-refractivity contribution in [3.63, 3.8) is 0 Å². The van der Waals surface area contributed by atoms with E-state index in [-0.39, 0.29) is 11.9 Å². The molecule has 0 saturated heterocycles. The molecule has 0 aliphatic rings. The van der Waals surface area contributed by atoms with Gasteiger partial charge in [0.25, 0.3) is 0 Å². The lowest BCUT2D eigenvalue weighted by Gasteiger charge is -2.13. The van der Waals surface area contributed by atoms with Gasteiger partial charge in [-0.3, -0.25) is 9.48 Å².